The molecule has 0 aromatic carbocycles. The van der Waals surface area contributed by atoms with Crippen LogP contribution in [0.15, 0.2) is 23.9 Å². The zero-order valence-electron chi connectivity index (χ0n) is 6.39. The van der Waals surface area contributed by atoms with Gasteiger partial charge in [0.2, 0.25) is 0 Å². The van der Waals surface area contributed by atoms with Crippen LogP contribution in [0.5, 0.6) is 0 Å². The van der Waals surface area contributed by atoms with E-state index in [0.717, 1.165) is 12.2 Å². The number of carbonyl (C=O) groups excluding carboxylic acids is 1. The Kier molecular flexibility index (Phi) is 2.35. The van der Waals surface area contributed by atoms with Crippen molar-refractivity contribution in [2.24, 2.45) is 0 Å². The van der Waals surface area contributed by atoms with Crippen LogP contribution in [0.2, 0.25) is 0 Å². The van der Waals surface area contributed by atoms with E-state index < -0.39 is 11.0 Å². The Hall–Kier alpha value is -1.49. The Labute approximate surface area is 68.5 Å². The minimum Gasteiger partial charge on any atom is -0.369 e. The molecule has 1 aliphatic carbocycles. The van der Waals surface area contributed by atoms with Crippen LogP contribution in [0.25, 0.3) is 0 Å². The van der Waals surface area contributed by atoms with Gasteiger partial charge >= 0.3 is 0 Å². The summed E-state index contributed by atoms with van der Waals surface area (Å²) in [7, 11) is 1.33. The number of nitro groups is 1. The smallest absolute Gasteiger partial charge is 0.268 e. The Balaban J connectivity index is 2.87. The van der Waals surface area contributed by atoms with Crippen LogP contribution in [0.4, 0.5) is 0 Å². The fourth-order valence-corrected chi connectivity index (χ4v) is 0.861. The third-order valence-corrected chi connectivity index (χ3v) is 1.49. The number of carbonyl (C=O) groups is 1. The van der Waals surface area contributed by atoms with Crippen LogP contribution in [0.1, 0.15) is 0 Å². The highest BCUT2D eigenvalue weighted by molar-refractivity contribution is 5.96. The average molecular weight is 169 g/mol. The number of allylic oxidation sites excluding steroid dienone is 1. The largest absolute Gasteiger partial charge is 0.369 e. The normalized spacial score (nSPS) is 22.2. The van der Waals surface area contributed by atoms with Gasteiger partial charge in [0.05, 0.1) is 4.92 Å². The molecule has 0 saturated heterocycles. The van der Waals surface area contributed by atoms with Crippen LogP contribution in [0, 0.1) is 10.1 Å². The Morgan fingerprint density at radius 2 is 2.25 bits per heavy atom. The zero-order valence-corrected chi connectivity index (χ0v) is 6.39. The maximum Gasteiger partial charge on any atom is 0.268 e. The summed E-state index contributed by atoms with van der Waals surface area (Å²) in [6.45, 7) is 0. The molecule has 0 spiro atoms. The molecule has 1 rings (SSSR count). The van der Waals surface area contributed by atoms with Crippen molar-refractivity contribution in [1.29, 1.82) is 0 Å². The van der Waals surface area contributed by atoms with Crippen molar-refractivity contribution in [3.63, 3.8) is 0 Å². The van der Waals surface area contributed by atoms with E-state index in [1.54, 1.807) is 0 Å². The predicted octanol–water partition coefficient (Wildman–Crippen LogP) is 0.301. The molecule has 64 valence electrons. The molecule has 0 radical (unpaired) electrons. The number of ketones is 1. The monoisotopic (exact) mass is 169 g/mol. The number of nitrogens with zero attached hydrogens (tertiary/aromatic N) is 1. The molecule has 0 aromatic heterocycles. The second-order valence-corrected chi connectivity index (χ2v) is 2.24. The van der Waals surface area contributed by atoms with Crippen LogP contribution in [-0.4, -0.2) is 23.9 Å². The van der Waals surface area contributed by atoms with Gasteiger partial charge in [-0.05, 0) is 6.08 Å². The van der Waals surface area contributed by atoms with Gasteiger partial charge in [-0.3, -0.25) is 14.9 Å². The molecule has 12 heavy (non-hydrogen) atoms. The summed E-state index contributed by atoms with van der Waals surface area (Å²) in [5, 5.41) is 10.2. The van der Waals surface area contributed by atoms with Gasteiger partial charge in [0, 0.05) is 19.3 Å². The van der Waals surface area contributed by atoms with E-state index in [0.29, 0.717) is 0 Å². The molecule has 0 saturated carbocycles. The van der Waals surface area contributed by atoms with E-state index in [1.165, 1.54) is 13.2 Å². The first kappa shape index (κ1) is 8.61. The van der Waals surface area contributed by atoms with Crippen molar-refractivity contribution in [3.8, 4) is 0 Å². The molecule has 5 nitrogen and oxygen atoms in total. The Morgan fingerprint density at radius 3 is 2.75 bits per heavy atom. The fraction of sp³-hybridized carbons (Fsp3) is 0.286. The maximum absolute atomic E-state index is 10.9. The second kappa shape index (κ2) is 3.27. The van der Waals surface area contributed by atoms with Gasteiger partial charge in [-0.15, -0.1) is 0 Å². The SMILES string of the molecule is COC1C=C([N+](=O)[O-])C=CC1=O. The summed E-state index contributed by atoms with van der Waals surface area (Å²) in [6, 6.07) is 0. The Morgan fingerprint density at radius 1 is 1.58 bits per heavy atom. The molecule has 0 N–H and O–H groups in total. The molecule has 0 aromatic rings. The molecule has 5 heteroatoms. The van der Waals surface area contributed by atoms with Crippen molar-refractivity contribution < 1.29 is 14.5 Å². The summed E-state index contributed by atoms with van der Waals surface area (Å²) in [4.78, 5) is 20.6. The first-order valence-corrected chi connectivity index (χ1v) is 3.26. The van der Waals surface area contributed by atoms with Gasteiger partial charge < -0.3 is 4.74 Å². The highest BCUT2D eigenvalue weighted by atomic mass is 16.6. The lowest BCUT2D eigenvalue weighted by molar-refractivity contribution is -0.419. The summed E-state index contributed by atoms with van der Waals surface area (Å²) in [5.74, 6) is -0.275. The molecule has 0 amide bonds. The van der Waals surface area contributed by atoms with Gasteiger partial charge in [-0.25, -0.2) is 0 Å². The average Bonchev–Trinajstić information content (AvgIpc) is 2.05. The lowest BCUT2D eigenvalue weighted by atomic mass is 10.1. The highest BCUT2D eigenvalue weighted by Gasteiger charge is 2.22. The van der Waals surface area contributed by atoms with Crippen LogP contribution in [0.3, 0.4) is 0 Å². The summed E-state index contributed by atoms with van der Waals surface area (Å²) < 4.78 is 4.70. The van der Waals surface area contributed by atoms with Gasteiger partial charge in [-0.2, -0.15) is 0 Å². The van der Waals surface area contributed by atoms with Gasteiger partial charge in [0.15, 0.2) is 5.78 Å². The third-order valence-electron chi connectivity index (χ3n) is 1.49. The quantitative estimate of drug-likeness (QED) is 0.440. The van der Waals surface area contributed by atoms with E-state index in [4.69, 9.17) is 4.74 Å². The van der Waals surface area contributed by atoms with Crippen molar-refractivity contribution in [2.75, 3.05) is 7.11 Å². The maximum atomic E-state index is 10.9. The number of hydrogen-bond acceptors (Lipinski definition) is 4. The first-order valence-electron chi connectivity index (χ1n) is 3.26. The molecule has 0 fully saturated rings. The summed E-state index contributed by atoms with van der Waals surface area (Å²) in [6.07, 6.45) is 2.68. The number of rotatable bonds is 2. The molecular formula is C7H7NO4. The van der Waals surface area contributed by atoms with Crippen molar-refractivity contribution in [2.45, 2.75) is 6.10 Å². The summed E-state index contributed by atoms with van der Waals surface area (Å²) in [5.41, 5.74) is -0.110. The fourth-order valence-electron chi connectivity index (χ4n) is 0.861. The molecule has 0 heterocycles. The van der Waals surface area contributed by atoms with Gasteiger partial charge in [-0.1, -0.05) is 0 Å². The molecule has 0 bridgehead atoms. The van der Waals surface area contributed by atoms with Crippen LogP contribution in [-0.2, 0) is 9.53 Å². The van der Waals surface area contributed by atoms with Crippen LogP contribution < -0.4 is 0 Å². The molecule has 0 aliphatic heterocycles. The van der Waals surface area contributed by atoms with E-state index >= 15 is 0 Å². The molecule has 1 atom stereocenters. The zero-order chi connectivity index (χ0) is 9.14. The highest BCUT2D eigenvalue weighted by Crippen LogP contribution is 2.10. The van der Waals surface area contributed by atoms with E-state index in [-0.39, 0.29) is 11.5 Å². The minimum absolute atomic E-state index is 0.110. The van der Waals surface area contributed by atoms with E-state index in [9.17, 15) is 14.9 Å². The number of hydrogen-bond donors (Lipinski definition) is 0. The van der Waals surface area contributed by atoms with Gasteiger partial charge in [0.25, 0.3) is 5.70 Å². The molecular weight excluding hydrogens is 162 g/mol. The molecule has 1 unspecified atom stereocenters. The first-order chi connectivity index (χ1) is 5.65. The summed E-state index contributed by atoms with van der Waals surface area (Å²) >= 11 is 0. The van der Waals surface area contributed by atoms with Crippen molar-refractivity contribution >= 4 is 5.78 Å². The number of methoxy groups -OCH3 is 1. The van der Waals surface area contributed by atoms with Crippen LogP contribution >= 0.6 is 0 Å². The van der Waals surface area contributed by atoms with Crippen molar-refractivity contribution in [3.05, 3.63) is 34.0 Å². The minimum atomic E-state index is -0.810. The number of ether oxygens (including phenoxy) is 1. The Bertz CT molecular complexity index is 279. The van der Waals surface area contributed by atoms with E-state index in [2.05, 4.69) is 0 Å². The lowest BCUT2D eigenvalue weighted by Crippen LogP contribution is -2.22. The molecule has 1 aliphatic rings. The lowest BCUT2D eigenvalue weighted by Gasteiger charge is -2.08. The second-order valence-electron chi connectivity index (χ2n) is 2.24. The topological polar surface area (TPSA) is 69.4 Å². The predicted molar refractivity (Wildman–Crippen MR) is 40.0 cm³/mol. The third kappa shape index (κ3) is 1.57. The van der Waals surface area contributed by atoms with Crippen molar-refractivity contribution in [1.82, 2.24) is 0 Å². The van der Waals surface area contributed by atoms with Gasteiger partial charge in [0.1, 0.15) is 6.10 Å². The van der Waals surface area contributed by atoms with E-state index in [1.807, 2.05) is 0 Å². The standard InChI is InChI=1S/C7H7NO4/c1-12-7-4-5(8(10)11)2-3-6(7)9/h2-4,7H,1H3.